The Kier molecular flexibility index (Phi) is 7.65. The second kappa shape index (κ2) is 7.85. The van der Waals surface area contributed by atoms with E-state index < -0.39 is 13.6 Å². The van der Waals surface area contributed by atoms with Crippen LogP contribution in [0.5, 0.6) is 0 Å². The third-order valence-corrected chi connectivity index (χ3v) is 2.53. The molecule has 0 aliphatic rings. The molecule has 0 aromatic heterocycles. The average molecular weight is 238 g/mol. The molecule has 0 bridgehead atoms. The number of hydrogen-bond donors (Lipinski definition) is 2. The smallest absolute Gasteiger partial charge is 0.325 e. The molecule has 6 heteroatoms. The summed E-state index contributed by atoms with van der Waals surface area (Å²) in [6, 6.07) is 0. The monoisotopic (exact) mass is 238 g/mol. The first kappa shape index (κ1) is 14.6. The summed E-state index contributed by atoms with van der Waals surface area (Å²) in [4.78, 5) is 19.0. The first-order valence-electron chi connectivity index (χ1n) is 5.08. The lowest BCUT2D eigenvalue weighted by Crippen LogP contribution is -1.94. The number of rotatable bonds is 9. The molecule has 0 aliphatic carbocycles. The van der Waals surface area contributed by atoms with E-state index in [4.69, 9.17) is 14.5 Å². The van der Waals surface area contributed by atoms with Gasteiger partial charge in [0.1, 0.15) is 0 Å². The lowest BCUT2D eigenvalue weighted by atomic mass is 10.1. The highest BCUT2D eigenvalue weighted by Crippen LogP contribution is 2.36. The first-order chi connectivity index (χ1) is 6.92. The number of carboxylic acid groups (broad SMARTS) is 1. The molecule has 1 unspecified atom stereocenters. The zero-order valence-corrected chi connectivity index (χ0v) is 9.91. The second-order valence-corrected chi connectivity index (χ2v) is 5.41. The number of aliphatic carboxylic acids is 1. The lowest BCUT2D eigenvalue weighted by Gasteiger charge is -2.06. The molecule has 0 radical (unpaired) electrons. The van der Waals surface area contributed by atoms with Crippen LogP contribution in [0.4, 0.5) is 0 Å². The zero-order chi connectivity index (χ0) is 11.7. The third kappa shape index (κ3) is 13.6. The maximum atomic E-state index is 10.7. The Bertz CT molecular complexity index is 223. The van der Waals surface area contributed by atoms with Crippen molar-refractivity contribution in [3.8, 4) is 0 Å². The average Bonchev–Trinajstić information content (AvgIpc) is 2.07. The van der Waals surface area contributed by atoms with Crippen molar-refractivity contribution in [3.63, 3.8) is 0 Å². The molecular weight excluding hydrogens is 219 g/mol. The lowest BCUT2D eigenvalue weighted by molar-refractivity contribution is -0.137. The van der Waals surface area contributed by atoms with Crippen LogP contribution in [-0.2, 0) is 13.9 Å². The van der Waals surface area contributed by atoms with E-state index in [-0.39, 0.29) is 6.42 Å². The second-order valence-electron chi connectivity index (χ2n) is 3.55. The number of carboxylic acids is 1. The van der Waals surface area contributed by atoms with E-state index in [1.807, 2.05) is 0 Å². The van der Waals surface area contributed by atoms with Gasteiger partial charge < -0.3 is 14.5 Å². The largest absolute Gasteiger partial charge is 0.481 e. The molecule has 0 amide bonds. The summed E-state index contributed by atoms with van der Waals surface area (Å²) in [6.07, 6.45) is 4.39. The Labute approximate surface area is 90.0 Å². The van der Waals surface area contributed by atoms with Crippen LogP contribution in [0.3, 0.4) is 0 Å². The molecule has 0 fully saturated rings. The van der Waals surface area contributed by atoms with Crippen LogP contribution in [0.1, 0.15) is 38.5 Å². The van der Waals surface area contributed by atoms with E-state index in [2.05, 4.69) is 0 Å². The predicted molar refractivity (Wildman–Crippen MR) is 57.0 cm³/mol. The minimum atomic E-state index is -3.32. The first-order valence-corrected chi connectivity index (χ1v) is 7.11. The van der Waals surface area contributed by atoms with Crippen molar-refractivity contribution in [1.82, 2.24) is 0 Å². The summed E-state index contributed by atoms with van der Waals surface area (Å²) in [5, 5.41) is 8.36. The van der Waals surface area contributed by atoms with Crippen molar-refractivity contribution in [2.75, 3.05) is 13.3 Å². The Morgan fingerprint density at radius 2 is 1.73 bits per heavy atom. The molecule has 0 aliphatic heterocycles. The Morgan fingerprint density at radius 1 is 1.20 bits per heavy atom. The van der Waals surface area contributed by atoms with Gasteiger partial charge >= 0.3 is 13.6 Å². The number of carbonyl (C=O) groups is 1. The van der Waals surface area contributed by atoms with Gasteiger partial charge in [-0.15, -0.1) is 0 Å². The summed E-state index contributed by atoms with van der Waals surface area (Å²) in [6.45, 7) is 1.46. The van der Waals surface area contributed by atoms with E-state index >= 15 is 0 Å². The molecule has 1 atom stereocenters. The summed E-state index contributed by atoms with van der Waals surface area (Å²) >= 11 is 0. The van der Waals surface area contributed by atoms with Gasteiger partial charge in [0.05, 0.1) is 6.61 Å². The van der Waals surface area contributed by atoms with Gasteiger partial charge in [-0.3, -0.25) is 9.36 Å². The number of unbranched alkanes of at least 4 members (excludes halogenated alkanes) is 4. The van der Waals surface area contributed by atoms with E-state index in [0.29, 0.717) is 13.0 Å². The SMILES string of the molecule is CP(=O)(O)OCCCCCCCC(=O)O. The molecule has 0 heterocycles. The van der Waals surface area contributed by atoms with Gasteiger partial charge in [0.2, 0.25) is 0 Å². The zero-order valence-electron chi connectivity index (χ0n) is 9.02. The fourth-order valence-corrected chi connectivity index (χ4v) is 1.61. The molecule has 0 aromatic carbocycles. The highest BCUT2D eigenvalue weighted by molar-refractivity contribution is 7.51. The summed E-state index contributed by atoms with van der Waals surface area (Å²) in [5.41, 5.74) is 0. The van der Waals surface area contributed by atoms with Gasteiger partial charge in [-0.2, -0.15) is 0 Å². The highest BCUT2D eigenvalue weighted by atomic mass is 31.2. The molecule has 0 spiro atoms. The fraction of sp³-hybridized carbons (Fsp3) is 0.889. The molecule has 0 aromatic rings. The molecule has 0 rings (SSSR count). The minimum absolute atomic E-state index is 0.220. The topological polar surface area (TPSA) is 83.8 Å². The maximum absolute atomic E-state index is 10.7. The van der Waals surface area contributed by atoms with Crippen LogP contribution in [-0.4, -0.2) is 29.2 Å². The van der Waals surface area contributed by atoms with Crippen molar-refractivity contribution in [2.45, 2.75) is 38.5 Å². The minimum Gasteiger partial charge on any atom is -0.481 e. The van der Waals surface area contributed by atoms with Gasteiger partial charge in [-0.05, 0) is 12.8 Å². The highest BCUT2D eigenvalue weighted by Gasteiger charge is 2.08. The van der Waals surface area contributed by atoms with Crippen LogP contribution < -0.4 is 0 Å². The van der Waals surface area contributed by atoms with Crippen LogP contribution in [0, 0.1) is 0 Å². The summed E-state index contributed by atoms with van der Waals surface area (Å²) in [7, 11) is -3.32. The molecule has 15 heavy (non-hydrogen) atoms. The van der Waals surface area contributed by atoms with Gasteiger partial charge in [0.15, 0.2) is 0 Å². The van der Waals surface area contributed by atoms with Gasteiger partial charge in [-0.25, -0.2) is 0 Å². The summed E-state index contributed by atoms with van der Waals surface area (Å²) in [5.74, 6) is -0.759. The Hall–Kier alpha value is -0.380. The normalized spacial score (nSPS) is 14.8. The molecule has 90 valence electrons. The number of hydrogen-bond acceptors (Lipinski definition) is 3. The molecule has 2 N–H and O–H groups in total. The van der Waals surface area contributed by atoms with Crippen LogP contribution in [0.15, 0.2) is 0 Å². The van der Waals surface area contributed by atoms with Crippen LogP contribution in [0.25, 0.3) is 0 Å². The molecule has 0 saturated heterocycles. The van der Waals surface area contributed by atoms with Gasteiger partial charge in [0, 0.05) is 13.1 Å². The quantitative estimate of drug-likeness (QED) is 0.475. The standard InChI is InChI=1S/C9H19O5P/c1-15(12,13)14-8-6-4-2-3-5-7-9(10)11/h2-8H2,1H3,(H,10,11)(H,12,13). The fourth-order valence-electron chi connectivity index (χ4n) is 1.14. The van der Waals surface area contributed by atoms with Crippen LogP contribution in [0.2, 0.25) is 0 Å². The Morgan fingerprint density at radius 3 is 2.27 bits per heavy atom. The van der Waals surface area contributed by atoms with E-state index in [1.54, 1.807) is 0 Å². The summed E-state index contributed by atoms with van der Waals surface area (Å²) < 4.78 is 15.4. The van der Waals surface area contributed by atoms with Crippen molar-refractivity contribution >= 4 is 13.6 Å². The van der Waals surface area contributed by atoms with Crippen LogP contribution >= 0.6 is 7.60 Å². The van der Waals surface area contributed by atoms with Crippen molar-refractivity contribution in [2.24, 2.45) is 0 Å². The van der Waals surface area contributed by atoms with E-state index in [0.717, 1.165) is 25.7 Å². The molecule has 5 nitrogen and oxygen atoms in total. The van der Waals surface area contributed by atoms with E-state index in [1.165, 1.54) is 6.66 Å². The maximum Gasteiger partial charge on any atom is 0.325 e. The molecular formula is C9H19O5P. The van der Waals surface area contributed by atoms with Gasteiger partial charge in [-0.1, -0.05) is 19.3 Å². The predicted octanol–water partition coefficient (Wildman–Crippen LogP) is 2.24. The van der Waals surface area contributed by atoms with Gasteiger partial charge in [0.25, 0.3) is 0 Å². The van der Waals surface area contributed by atoms with Crippen molar-refractivity contribution < 1.29 is 23.9 Å². The van der Waals surface area contributed by atoms with Crippen molar-refractivity contribution in [3.05, 3.63) is 0 Å². The Balaban J connectivity index is 3.12. The van der Waals surface area contributed by atoms with E-state index in [9.17, 15) is 9.36 Å². The third-order valence-electron chi connectivity index (χ3n) is 1.87. The van der Waals surface area contributed by atoms with Crippen molar-refractivity contribution in [1.29, 1.82) is 0 Å². The molecule has 0 saturated carbocycles.